The van der Waals surface area contributed by atoms with E-state index in [2.05, 4.69) is 10.6 Å². The fourth-order valence-corrected chi connectivity index (χ4v) is 3.72. The molecule has 1 aromatic carbocycles. The summed E-state index contributed by atoms with van der Waals surface area (Å²) in [7, 11) is 0. The predicted molar refractivity (Wildman–Crippen MR) is 86.7 cm³/mol. The van der Waals surface area contributed by atoms with Crippen LogP contribution in [0.2, 0.25) is 0 Å². The van der Waals surface area contributed by atoms with Crippen LogP contribution in [-0.2, 0) is 4.79 Å². The Kier molecular flexibility index (Phi) is 4.99. The number of carbonyl (C=O) groups excluding carboxylic acids is 1. The minimum Gasteiger partial charge on any atom is -0.325 e. The third kappa shape index (κ3) is 2.97. The molecule has 1 atom stereocenters. The normalized spacial score (nSPS) is 22.9. The monoisotopic (exact) mass is 312 g/mol. The Morgan fingerprint density at radius 1 is 1.35 bits per heavy atom. The van der Waals surface area contributed by atoms with Crippen LogP contribution >= 0.6 is 24.2 Å². The highest BCUT2D eigenvalue weighted by molar-refractivity contribution is 7.98. The van der Waals surface area contributed by atoms with Gasteiger partial charge in [-0.2, -0.15) is 0 Å². The summed E-state index contributed by atoms with van der Waals surface area (Å²) in [6.45, 7) is 2.12. The van der Waals surface area contributed by atoms with E-state index in [0.29, 0.717) is 5.41 Å². The van der Waals surface area contributed by atoms with Gasteiger partial charge in [-0.1, -0.05) is 12.1 Å². The Morgan fingerprint density at radius 2 is 2.05 bits per heavy atom. The van der Waals surface area contributed by atoms with Crippen molar-refractivity contribution in [1.29, 1.82) is 0 Å². The topological polar surface area (TPSA) is 41.1 Å². The highest BCUT2D eigenvalue weighted by Crippen LogP contribution is 2.58. The average molecular weight is 313 g/mol. The molecule has 2 aliphatic rings. The summed E-state index contributed by atoms with van der Waals surface area (Å²) in [4.78, 5) is 13.5. The Morgan fingerprint density at radius 3 is 2.75 bits per heavy atom. The highest BCUT2D eigenvalue weighted by Gasteiger charge is 2.57. The fraction of sp³-hybridized carbons (Fsp3) is 0.533. The maximum absolute atomic E-state index is 12.4. The molecule has 1 aliphatic carbocycles. The number of halogens is 1. The molecule has 1 amide bonds. The Hall–Kier alpha value is -0.710. The van der Waals surface area contributed by atoms with Crippen LogP contribution in [0.1, 0.15) is 19.3 Å². The number of hydrogen-bond donors (Lipinski definition) is 2. The van der Waals surface area contributed by atoms with Gasteiger partial charge in [-0.25, -0.2) is 0 Å². The van der Waals surface area contributed by atoms with Gasteiger partial charge in [-0.3, -0.25) is 4.79 Å². The van der Waals surface area contributed by atoms with Gasteiger partial charge in [0, 0.05) is 10.8 Å². The molecular weight excluding hydrogens is 292 g/mol. The standard InChI is InChI=1S/C15H20N2OS.ClH/c1-19-13-5-3-2-4-12(13)17-14(18)11-10-15(11)6-8-16-9-7-15;/h2-5,11,16H,6-10H2,1H3,(H,17,18);1H. The van der Waals surface area contributed by atoms with E-state index >= 15 is 0 Å². The number of piperidine rings is 1. The zero-order valence-corrected chi connectivity index (χ0v) is 13.3. The van der Waals surface area contributed by atoms with Crippen LogP contribution in [-0.4, -0.2) is 25.3 Å². The SMILES string of the molecule is CSc1ccccc1NC(=O)C1CC12CCNCC2.Cl. The van der Waals surface area contributed by atoms with Crippen LogP contribution in [0.25, 0.3) is 0 Å². The minimum absolute atomic E-state index is 0. The van der Waals surface area contributed by atoms with Gasteiger partial charge in [0.25, 0.3) is 0 Å². The Bertz CT molecular complexity index is 489. The van der Waals surface area contributed by atoms with E-state index in [4.69, 9.17) is 0 Å². The lowest BCUT2D eigenvalue weighted by Gasteiger charge is -2.23. The molecule has 110 valence electrons. The van der Waals surface area contributed by atoms with Crippen molar-refractivity contribution in [2.45, 2.75) is 24.2 Å². The number of thioether (sulfide) groups is 1. The van der Waals surface area contributed by atoms with Crippen molar-refractivity contribution in [3.63, 3.8) is 0 Å². The first-order valence-corrected chi connectivity index (χ1v) is 8.12. The molecule has 1 spiro atoms. The van der Waals surface area contributed by atoms with Crippen LogP contribution < -0.4 is 10.6 Å². The Balaban J connectivity index is 0.00000147. The average Bonchev–Trinajstić information content (AvgIpc) is 3.14. The number of hydrogen-bond acceptors (Lipinski definition) is 3. The molecule has 1 unspecified atom stereocenters. The van der Waals surface area contributed by atoms with Gasteiger partial charge in [0.1, 0.15) is 0 Å². The van der Waals surface area contributed by atoms with Gasteiger partial charge in [0.05, 0.1) is 5.69 Å². The largest absolute Gasteiger partial charge is 0.325 e. The second-order valence-corrected chi connectivity index (χ2v) is 6.41. The van der Waals surface area contributed by atoms with E-state index < -0.39 is 0 Å². The Labute approximate surface area is 130 Å². The molecule has 2 N–H and O–H groups in total. The predicted octanol–water partition coefficient (Wildman–Crippen LogP) is 3.16. The molecule has 0 bridgehead atoms. The van der Waals surface area contributed by atoms with Crippen molar-refractivity contribution in [1.82, 2.24) is 5.32 Å². The number of nitrogens with one attached hydrogen (secondary N) is 2. The van der Waals surface area contributed by atoms with Crippen LogP contribution in [0.15, 0.2) is 29.2 Å². The molecule has 3 rings (SSSR count). The van der Waals surface area contributed by atoms with E-state index in [1.54, 1.807) is 11.8 Å². The lowest BCUT2D eigenvalue weighted by molar-refractivity contribution is -0.118. The molecule has 20 heavy (non-hydrogen) atoms. The first-order chi connectivity index (χ1) is 9.25. The number of benzene rings is 1. The number of anilines is 1. The van der Waals surface area contributed by atoms with E-state index in [1.165, 1.54) is 0 Å². The summed E-state index contributed by atoms with van der Waals surface area (Å²) in [5, 5.41) is 6.49. The quantitative estimate of drug-likeness (QED) is 0.842. The lowest BCUT2D eigenvalue weighted by Crippen LogP contribution is -2.31. The molecule has 1 aliphatic heterocycles. The minimum atomic E-state index is 0. The lowest BCUT2D eigenvalue weighted by atomic mass is 9.92. The zero-order chi connectivity index (χ0) is 13.3. The summed E-state index contributed by atoms with van der Waals surface area (Å²) in [5.74, 6) is 0.438. The number of amides is 1. The molecule has 0 aromatic heterocycles. The number of rotatable bonds is 3. The van der Waals surface area contributed by atoms with E-state index in [-0.39, 0.29) is 24.2 Å². The smallest absolute Gasteiger partial charge is 0.228 e. The van der Waals surface area contributed by atoms with E-state index in [9.17, 15) is 4.79 Å². The molecule has 3 nitrogen and oxygen atoms in total. The van der Waals surface area contributed by atoms with Crippen LogP contribution in [0, 0.1) is 11.3 Å². The van der Waals surface area contributed by atoms with Gasteiger partial charge < -0.3 is 10.6 Å². The van der Waals surface area contributed by atoms with Crippen molar-refractivity contribution in [3.8, 4) is 0 Å². The molecule has 0 radical (unpaired) electrons. The summed E-state index contributed by atoms with van der Waals surface area (Å²) in [6, 6.07) is 8.02. The van der Waals surface area contributed by atoms with Crippen LogP contribution in [0.3, 0.4) is 0 Å². The molecule has 1 aromatic rings. The summed E-state index contributed by atoms with van der Waals surface area (Å²) >= 11 is 1.67. The highest BCUT2D eigenvalue weighted by atomic mass is 35.5. The maximum Gasteiger partial charge on any atom is 0.228 e. The first kappa shape index (κ1) is 15.7. The van der Waals surface area contributed by atoms with E-state index in [1.807, 2.05) is 30.5 Å². The van der Waals surface area contributed by atoms with Gasteiger partial charge in [0.2, 0.25) is 5.91 Å². The van der Waals surface area contributed by atoms with Crippen LogP contribution in [0.5, 0.6) is 0 Å². The first-order valence-electron chi connectivity index (χ1n) is 6.90. The summed E-state index contributed by atoms with van der Waals surface area (Å²) in [6.07, 6.45) is 5.41. The molecule has 1 saturated carbocycles. The maximum atomic E-state index is 12.4. The van der Waals surface area contributed by atoms with Gasteiger partial charge in [-0.05, 0) is 56.2 Å². The molecular formula is C15H21ClN2OS. The van der Waals surface area contributed by atoms with Crippen LogP contribution in [0.4, 0.5) is 5.69 Å². The second kappa shape index (κ2) is 6.37. The summed E-state index contributed by atoms with van der Waals surface area (Å²) in [5.41, 5.74) is 1.26. The third-order valence-corrected chi connectivity index (χ3v) is 5.27. The number of carbonyl (C=O) groups is 1. The van der Waals surface area contributed by atoms with Gasteiger partial charge in [-0.15, -0.1) is 24.2 Å². The number of para-hydroxylation sites is 1. The van der Waals surface area contributed by atoms with Crippen molar-refractivity contribution < 1.29 is 4.79 Å². The summed E-state index contributed by atoms with van der Waals surface area (Å²) < 4.78 is 0. The van der Waals surface area contributed by atoms with Crippen molar-refractivity contribution in [3.05, 3.63) is 24.3 Å². The molecule has 1 saturated heterocycles. The fourth-order valence-electron chi connectivity index (χ4n) is 3.16. The zero-order valence-electron chi connectivity index (χ0n) is 11.6. The van der Waals surface area contributed by atoms with Crippen molar-refractivity contribution >= 4 is 35.8 Å². The van der Waals surface area contributed by atoms with Crippen molar-refractivity contribution in [2.24, 2.45) is 11.3 Å². The van der Waals surface area contributed by atoms with Crippen molar-refractivity contribution in [2.75, 3.05) is 24.7 Å². The second-order valence-electron chi connectivity index (χ2n) is 5.56. The van der Waals surface area contributed by atoms with E-state index in [0.717, 1.165) is 42.9 Å². The third-order valence-electron chi connectivity index (χ3n) is 4.47. The van der Waals surface area contributed by atoms with Gasteiger partial charge >= 0.3 is 0 Å². The van der Waals surface area contributed by atoms with Gasteiger partial charge in [0.15, 0.2) is 0 Å². The molecule has 2 fully saturated rings. The molecule has 5 heteroatoms. The molecule has 1 heterocycles.